The highest BCUT2D eigenvalue weighted by molar-refractivity contribution is 6.76. The Kier molecular flexibility index (Phi) is 9.24. The first-order chi connectivity index (χ1) is 6.74. The summed E-state index contributed by atoms with van der Waals surface area (Å²) in [6.07, 6.45) is 0. The number of rotatable bonds is 5. The number of hydrogen-bond acceptors (Lipinski definition) is 2. The SMILES string of the molecule is C=C[Si](C)(C)OC.C=C[Si](C)(C)OCC. The van der Waals surface area contributed by atoms with Gasteiger partial charge in [0.25, 0.3) is 0 Å². The van der Waals surface area contributed by atoms with Gasteiger partial charge in [-0.15, -0.1) is 13.2 Å². The van der Waals surface area contributed by atoms with Gasteiger partial charge in [0, 0.05) is 13.7 Å². The molecule has 0 aliphatic rings. The molecule has 0 aliphatic heterocycles. The van der Waals surface area contributed by atoms with Crippen LogP contribution in [0.1, 0.15) is 6.92 Å². The van der Waals surface area contributed by atoms with Crippen LogP contribution in [0.2, 0.25) is 26.2 Å². The predicted molar refractivity (Wildman–Crippen MR) is 74.0 cm³/mol. The van der Waals surface area contributed by atoms with E-state index in [1.54, 1.807) is 7.11 Å². The standard InChI is InChI=1S/C6H14OSi.C5H12OSi/c1-5-7-8(3,4)6-2;1-5-7(3,4)6-2/h6H,2,5H2,1,3-4H3;5H,1H2,2-4H3. The quantitative estimate of drug-likeness (QED) is 0.691. The fourth-order valence-electron chi connectivity index (χ4n) is 0.514. The summed E-state index contributed by atoms with van der Waals surface area (Å²) >= 11 is 0. The Labute approximate surface area is 97.3 Å². The van der Waals surface area contributed by atoms with Crippen molar-refractivity contribution in [2.45, 2.75) is 33.1 Å². The van der Waals surface area contributed by atoms with E-state index in [9.17, 15) is 0 Å². The molecule has 0 aromatic heterocycles. The fourth-order valence-corrected chi connectivity index (χ4v) is 1.54. The van der Waals surface area contributed by atoms with Gasteiger partial charge in [0.05, 0.1) is 0 Å². The molecule has 0 aliphatic carbocycles. The molecule has 0 atom stereocenters. The van der Waals surface area contributed by atoms with Gasteiger partial charge in [-0.2, -0.15) is 0 Å². The zero-order chi connectivity index (χ0) is 12.5. The maximum Gasteiger partial charge on any atom is 0.210 e. The lowest BCUT2D eigenvalue weighted by molar-refractivity contribution is 0.338. The molecule has 0 heterocycles. The third-order valence-electron chi connectivity index (χ3n) is 2.03. The Morgan fingerprint density at radius 3 is 1.47 bits per heavy atom. The topological polar surface area (TPSA) is 18.5 Å². The minimum atomic E-state index is -1.41. The average Bonchev–Trinajstić information content (AvgIpc) is 2.19. The van der Waals surface area contributed by atoms with E-state index in [2.05, 4.69) is 39.3 Å². The molecule has 0 amide bonds. The van der Waals surface area contributed by atoms with Crippen LogP contribution >= 0.6 is 0 Å². The molecule has 0 aromatic carbocycles. The van der Waals surface area contributed by atoms with E-state index in [0.717, 1.165) is 6.61 Å². The van der Waals surface area contributed by atoms with E-state index < -0.39 is 16.6 Å². The molecule has 0 N–H and O–H groups in total. The van der Waals surface area contributed by atoms with Crippen LogP contribution in [0.3, 0.4) is 0 Å². The normalized spacial score (nSPS) is 11.3. The second-order valence-corrected chi connectivity index (χ2v) is 12.2. The molecule has 0 saturated carbocycles. The van der Waals surface area contributed by atoms with E-state index in [1.807, 2.05) is 18.3 Å². The molecule has 0 rings (SSSR count). The van der Waals surface area contributed by atoms with Gasteiger partial charge in [-0.05, 0) is 33.1 Å². The van der Waals surface area contributed by atoms with Crippen molar-refractivity contribution in [3.8, 4) is 0 Å². The molecular formula is C11H26O2Si2. The highest BCUT2D eigenvalue weighted by Crippen LogP contribution is 2.03. The summed E-state index contributed by atoms with van der Waals surface area (Å²) in [6.45, 7) is 18.6. The first-order valence-corrected chi connectivity index (χ1v) is 11.2. The Bertz CT molecular complexity index is 189. The lowest BCUT2D eigenvalue weighted by atomic mass is 10.9. The maximum absolute atomic E-state index is 5.40. The second-order valence-electron chi connectivity index (χ2n) is 4.25. The molecular weight excluding hydrogens is 220 g/mol. The number of hydrogen-bond donors (Lipinski definition) is 0. The van der Waals surface area contributed by atoms with E-state index in [0.29, 0.717) is 0 Å². The third-order valence-corrected chi connectivity index (χ3v) is 6.08. The highest BCUT2D eigenvalue weighted by atomic mass is 28.4. The molecule has 0 fully saturated rings. The zero-order valence-electron chi connectivity index (χ0n) is 11.1. The highest BCUT2D eigenvalue weighted by Gasteiger charge is 2.15. The van der Waals surface area contributed by atoms with E-state index >= 15 is 0 Å². The summed E-state index contributed by atoms with van der Waals surface area (Å²) in [5, 5.41) is 0. The van der Waals surface area contributed by atoms with Gasteiger partial charge >= 0.3 is 0 Å². The van der Waals surface area contributed by atoms with Gasteiger partial charge < -0.3 is 8.85 Å². The lowest BCUT2D eigenvalue weighted by Gasteiger charge is -2.15. The monoisotopic (exact) mass is 246 g/mol. The lowest BCUT2D eigenvalue weighted by Crippen LogP contribution is -2.27. The van der Waals surface area contributed by atoms with Gasteiger partial charge in [0.15, 0.2) is 0 Å². The molecule has 90 valence electrons. The smallest absolute Gasteiger partial charge is 0.210 e. The summed E-state index contributed by atoms with van der Waals surface area (Å²) in [7, 11) is -1.07. The first kappa shape index (κ1) is 17.2. The van der Waals surface area contributed by atoms with Crippen molar-refractivity contribution in [1.82, 2.24) is 0 Å². The molecule has 4 heteroatoms. The average molecular weight is 246 g/mol. The summed E-state index contributed by atoms with van der Waals surface area (Å²) in [4.78, 5) is 0. The molecule has 0 radical (unpaired) electrons. The third kappa shape index (κ3) is 11.8. The van der Waals surface area contributed by atoms with E-state index in [-0.39, 0.29) is 0 Å². The summed E-state index contributed by atoms with van der Waals surface area (Å²) in [6, 6.07) is 0. The van der Waals surface area contributed by atoms with Crippen molar-refractivity contribution in [2.75, 3.05) is 13.7 Å². The van der Waals surface area contributed by atoms with Crippen molar-refractivity contribution in [3.05, 3.63) is 24.6 Å². The van der Waals surface area contributed by atoms with E-state index in [4.69, 9.17) is 8.85 Å². The van der Waals surface area contributed by atoms with Crippen molar-refractivity contribution in [1.29, 1.82) is 0 Å². The molecule has 0 saturated heterocycles. The maximum atomic E-state index is 5.40. The van der Waals surface area contributed by atoms with Crippen LogP contribution in [0, 0.1) is 0 Å². The molecule has 2 nitrogen and oxygen atoms in total. The zero-order valence-corrected chi connectivity index (χ0v) is 13.1. The minimum Gasteiger partial charge on any atom is -0.417 e. The Balaban J connectivity index is 0. The van der Waals surface area contributed by atoms with E-state index in [1.165, 1.54) is 0 Å². The van der Waals surface area contributed by atoms with Gasteiger partial charge in [0.1, 0.15) is 0 Å². The van der Waals surface area contributed by atoms with Crippen LogP contribution in [0.25, 0.3) is 0 Å². The predicted octanol–water partition coefficient (Wildman–Crippen LogP) is 3.52. The van der Waals surface area contributed by atoms with Gasteiger partial charge in [-0.1, -0.05) is 11.4 Å². The molecule has 0 bridgehead atoms. The molecule has 0 unspecified atom stereocenters. The van der Waals surface area contributed by atoms with Crippen molar-refractivity contribution >= 4 is 16.6 Å². The van der Waals surface area contributed by atoms with Crippen molar-refractivity contribution in [3.63, 3.8) is 0 Å². The first-order valence-electron chi connectivity index (χ1n) is 5.21. The summed E-state index contributed by atoms with van der Waals surface area (Å²) in [5.74, 6) is 0. The molecule has 0 spiro atoms. The molecule has 15 heavy (non-hydrogen) atoms. The Morgan fingerprint density at radius 1 is 1.00 bits per heavy atom. The van der Waals surface area contributed by atoms with Crippen LogP contribution in [0.15, 0.2) is 24.6 Å². The Hall–Kier alpha value is -0.166. The summed E-state index contributed by atoms with van der Waals surface area (Å²) in [5.41, 5.74) is 3.85. The van der Waals surface area contributed by atoms with Crippen molar-refractivity contribution in [2.24, 2.45) is 0 Å². The van der Waals surface area contributed by atoms with Crippen molar-refractivity contribution < 1.29 is 8.85 Å². The van der Waals surface area contributed by atoms with Gasteiger partial charge in [0.2, 0.25) is 16.6 Å². The van der Waals surface area contributed by atoms with Crippen LogP contribution in [0.4, 0.5) is 0 Å². The largest absolute Gasteiger partial charge is 0.417 e. The van der Waals surface area contributed by atoms with Crippen LogP contribution in [0.5, 0.6) is 0 Å². The second kappa shape index (κ2) is 8.04. The van der Waals surface area contributed by atoms with Gasteiger partial charge in [-0.3, -0.25) is 0 Å². The van der Waals surface area contributed by atoms with Crippen LogP contribution in [-0.2, 0) is 8.85 Å². The fraction of sp³-hybridized carbons (Fsp3) is 0.636. The molecule has 0 aromatic rings. The summed E-state index contributed by atoms with van der Waals surface area (Å²) < 4.78 is 10.5. The Morgan fingerprint density at radius 2 is 1.40 bits per heavy atom. The minimum absolute atomic E-state index is 0.811. The van der Waals surface area contributed by atoms with Crippen LogP contribution in [-0.4, -0.2) is 30.4 Å². The van der Waals surface area contributed by atoms with Crippen LogP contribution < -0.4 is 0 Å². The van der Waals surface area contributed by atoms with Gasteiger partial charge in [-0.25, -0.2) is 0 Å².